The Morgan fingerprint density at radius 3 is 2.64 bits per heavy atom. The predicted molar refractivity (Wildman–Crippen MR) is 111 cm³/mol. The van der Waals surface area contributed by atoms with Crippen LogP contribution in [0.25, 0.3) is 0 Å². The highest BCUT2D eigenvalue weighted by Crippen LogP contribution is 2.32. The number of nitrogens with one attached hydrogen (secondary N) is 1. The van der Waals surface area contributed by atoms with E-state index >= 15 is 0 Å². The zero-order valence-electron chi connectivity index (χ0n) is 16.6. The van der Waals surface area contributed by atoms with Crippen LogP contribution in [0, 0.1) is 0 Å². The molecule has 2 aromatic carbocycles. The van der Waals surface area contributed by atoms with Crippen molar-refractivity contribution in [2.75, 3.05) is 43.4 Å². The summed E-state index contributed by atoms with van der Waals surface area (Å²) in [6.45, 7) is 6.17. The van der Waals surface area contributed by atoms with Gasteiger partial charge in [0.05, 0.1) is 24.5 Å². The number of anilines is 2. The first-order chi connectivity index (χ1) is 13.5. The van der Waals surface area contributed by atoms with Crippen molar-refractivity contribution in [1.82, 2.24) is 4.90 Å². The Hall–Kier alpha value is -2.86. The summed E-state index contributed by atoms with van der Waals surface area (Å²) in [5, 5.41) is 2.84. The van der Waals surface area contributed by atoms with Gasteiger partial charge in [0, 0.05) is 18.7 Å². The SMILES string of the molecule is CCN1CC(CN(C)CC(=O)Nc2ccccc2C(C)=O)Oc2ccccc21. The largest absolute Gasteiger partial charge is 0.485 e. The Balaban J connectivity index is 1.58. The molecule has 0 aromatic heterocycles. The van der Waals surface area contributed by atoms with Crippen LogP contribution in [-0.4, -0.2) is 55.9 Å². The molecule has 1 aliphatic rings. The third-order valence-corrected chi connectivity index (χ3v) is 4.81. The molecular formula is C22H27N3O3. The number of hydrogen-bond donors (Lipinski definition) is 1. The first-order valence-electron chi connectivity index (χ1n) is 9.57. The van der Waals surface area contributed by atoms with Crippen LogP contribution in [0.1, 0.15) is 24.2 Å². The molecule has 0 spiro atoms. The van der Waals surface area contributed by atoms with Gasteiger partial charge in [0.15, 0.2) is 5.78 Å². The molecular weight excluding hydrogens is 354 g/mol. The van der Waals surface area contributed by atoms with E-state index in [4.69, 9.17) is 4.74 Å². The van der Waals surface area contributed by atoms with Gasteiger partial charge in [-0.15, -0.1) is 0 Å². The van der Waals surface area contributed by atoms with E-state index in [9.17, 15) is 9.59 Å². The van der Waals surface area contributed by atoms with Gasteiger partial charge in [-0.2, -0.15) is 0 Å². The maximum atomic E-state index is 12.4. The van der Waals surface area contributed by atoms with E-state index in [1.54, 1.807) is 24.3 Å². The van der Waals surface area contributed by atoms with Crippen molar-refractivity contribution in [3.8, 4) is 5.75 Å². The van der Waals surface area contributed by atoms with Crippen LogP contribution in [-0.2, 0) is 4.79 Å². The molecule has 2 aromatic rings. The van der Waals surface area contributed by atoms with Gasteiger partial charge in [-0.05, 0) is 45.2 Å². The Bertz CT molecular complexity index is 852. The van der Waals surface area contributed by atoms with Gasteiger partial charge in [-0.3, -0.25) is 14.5 Å². The summed E-state index contributed by atoms with van der Waals surface area (Å²) in [4.78, 5) is 28.4. The van der Waals surface area contributed by atoms with Crippen LogP contribution in [0.15, 0.2) is 48.5 Å². The number of amides is 1. The number of nitrogens with zero attached hydrogens (tertiary/aromatic N) is 2. The average molecular weight is 381 g/mol. The monoisotopic (exact) mass is 381 g/mol. The zero-order chi connectivity index (χ0) is 20.1. The standard InChI is InChI=1S/C22H27N3O3/c1-4-25-14-17(28-21-12-8-7-11-20(21)25)13-24(3)15-22(27)23-19-10-6-5-9-18(19)16(2)26/h5-12,17H,4,13-15H2,1-3H3,(H,23,27). The smallest absolute Gasteiger partial charge is 0.238 e. The van der Waals surface area contributed by atoms with E-state index in [-0.39, 0.29) is 24.3 Å². The number of likely N-dealkylation sites (N-methyl/N-ethyl adjacent to an activating group) is 2. The van der Waals surface area contributed by atoms with E-state index in [1.165, 1.54) is 6.92 Å². The molecule has 1 atom stereocenters. The van der Waals surface area contributed by atoms with Gasteiger partial charge in [0.2, 0.25) is 5.91 Å². The first kappa shape index (κ1) is 19.9. The lowest BCUT2D eigenvalue weighted by molar-refractivity contribution is -0.117. The molecule has 3 rings (SSSR count). The number of ketones is 1. The molecule has 0 radical (unpaired) electrons. The number of carbonyl (C=O) groups excluding carboxylic acids is 2. The number of benzene rings is 2. The maximum absolute atomic E-state index is 12.4. The summed E-state index contributed by atoms with van der Waals surface area (Å²) < 4.78 is 6.13. The van der Waals surface area contributed by atoms with Crippen molar-refractivity contribution in [3.63, 3.8) is 0 Å². The van der Waals surface area contributed by atoms with Crippen molar-refractivity contribution in [2.45, 2.75) is 20.0 Å². The Morgan fingerprint density at radius 1 is 1.18 bits per heavy atom. The Morgan fingerprint density at radius 2 is 1.89 bits per heavy atom. The van der Waals surface area contributed by atoms with Crippen molar-refractivity contribution in [1.29, 1.82) is 0 Å². The van der Waals surface area contributed by atoms with Crippen molar-refractivity contribution >= 4 is 23.1 Å². The van der Waals surface area contributed by atoms with E-state index in [1.807, 2.05) is 30.1 Å². The quantitative estimate of drug-likeness (QED) is 0.747. The van der Waals surface area contributed by atoms with Crippen LogP contribution >= 0.6 is 0 Å². The number of carbonyl (C=O) groups is 2. The van der Waals surface area contributed by atoms with Crippen LogP contribution in [0.2, 0.25) is 0 Å². The predicted octanol–water partition coefficient (Wildman–Crippen LogP) is 3.05. The highest BCUT2D eigenvalue weighted by molar-refractivity contribution is 6.04. The minimum atomic E-state index is -0.153. The van der Waals surface area contributed by atoms with E-state index < -0.39 is 0 Å². The summed E-state index contributed by atoms with van der Waals surface area (Å²) >= 11 is 0. The van der Waals surface area contributed by atoms with Crippen LogP contribution in [0.3, 0.4) is 0 Å². The van der Waals surface area contributed by atoms with Gasteiger partial charge >= 0.3 is 0 Å². The number of ether oxygens (including phenoxy) is 1. The van der Waals surface area contributed by atoms with Crippen LogP contribution in [0.4, 0.5) is 11.4 Å². The van der Waals surface area contributed by atoms with Gasteiger partial charge in [-0.25, -0.2) is 0 Å². The minimum Gasteiger partial charge on any atom is -0.485 e. The second-order valence-electron chi connectivity index (χ2n) is 7.09. The minimum absolute atomic E-state index is 0.0165. The lowest BCUT2D eigenvalue weighted by Gasteiger charge is -2.37. The number of hydrogen-bond acceptors (Lipinski definition) is 5. The normalized spacial score (nSPS) is 15.7. The number of para-hydroxylation sites is 3. The second-order valence-corrected chi connectivity index (χ2v) is 7.09. The molecule has 148 valence electrons. The summed E-state index contributed by atoms with van der Waals surface area (Å²) in [6, 6.07) is 15.1. The molecule has 1 heterocycles. The third-order valence-electron chi connectivity index (χ3n) is 4.81. The maximum Gasteiger partial charge on any atom is 0.238 e. The number of Topliss-reactive ketones (excluding diaryl/α,β-unsaturated/α-hetero) is 1. The van der Waals surface area contributed by atoms with Gasteiger partial charge < -0.3 is 15.0 Å². The fourth-order valence-electron chi connectivity index (χ4n) is 3.52. The molecule has 0 fully saturated rings. The molecule has 0 saturated heterocycles. The summed E-state index contributed by atoms with van der Waals surface area (Å²) in [5.74, 6) is 0.659. The second kappa shape index (κ2) is 8.89. The highest BCUT2D eigenvalue weighted by atomic mass is 16.5. The lowest BCUT2D eigenvalue weighted by Crippen LogP contribution is -2.46. The van der Waals surface area contributed by atoms with Crippen LogP contribution in [0.5, 0.6) is 5.75 Å². The van der Waals surface area contributed by atoms with Crippen LogP contribution < -0.4 is 15.0 Å². The number of fused-ring (bicyclic) bond motifs is 1. The molecule has 6 nitrogen and oxygen atoms in total. The molecule has 1 aliphatic heterocycles. The molecule has 0 saturated carbocycles. The Labute approximate surface area is 166 Å². The molecule has 1 amide bonds. The molecule has 6 heteroatoms. The fraction of sp³-hybridized carbons (Fsp3) is 0.364. The molecule has 0 aliphatic carbocycles. The van der Waals surface area contributed by atoms with Gasteiger partial charge in [0.25, 0.3) is 0 Å². The molecule has 28 heavy (non-hydrogen) atoms. The lowest BCUT2D eigenvalue weighted by atomic mass is 10.1. The topological polar surface area (TPSA) is 61.9 Å². The average Bonchev–Trinajstić information content (AvgIpc) is 2.67. The summed E-state index contributed by atoms with van der Waals surface area (Å²) in [7, 11) is 1.90. The van der Waals surface area contributed by atoms with Crippen molar-refractivity contribution < 1.29 is 14.3 Å². The molecule has 1 N–H and O–H groups in total. The summed E-state index contributed by atoms with van der Waals surface area (Å²) in [6.07, 6.45) is -0.0165. The number of rotatable bonds is 7. The summed E-state index contributed by atoms with van der Waals surface area (Å²) in [5.41, 5.74) is 2.18. The van der Waals surface area contributed by atoms with Crippen molar-refractivity contribution in [3.05, 3.63) is 54.1 Å². The van der Waals surface area contributed by atoms with Gasteiger partial charge in [-0.1, -0.05) is 24.3 Å². The fourth-order valence-corrected chi connectivity index (χ4v) is 3.52. The molecule has 1 unspecified atom stereocenters. The third kappa shape index (κ3) is 4.70. The van der Waals surface area contributed by atoms with E-state index in [0.717, 1.165) is 24.5 Å². The highest BCUT2D eigenvalue weighted by Gasteiger charge is 2.26. The molecule has 0 bridgehead atoms. The first-order valence-corrected chi connectivity index (χ1v) is 9.57. The van der Waals surface area contributed by atoms with E-state index in [0.29, 0.717) is 17.8 Å². The Kier molecular flexibility index (Phi) is 6.31. The zero-order valence-corrected chi connectivity index (χ0v) is 16.6. The van der Waals surface area contributed by atoms with E-state index in [2.05, 4.69) is 23.2 Å². The van der Waals surface area contributed by atoms with Gasteiger partial charge in [0.1, 0.15) is 11.9 Å². The van der Waals surface area contributed by atoms with Crippen molar-refractivity contribution in [2.24, 2.45) is 0 Å².